The van der Waals surface area contributed by atoms with Crippen LogP contribution >= 0.6 is 0 Å². The van der Waals surface area contributed by atoms with Gasteiger partial charge in [0.05, 0.1) is 11.9 Å². The average molecular weight is 237 g/mol. The molecule has 0 aromatic carbocycles. The van der Waals surface area contributed by atoms with Crippen LogP contribution in [0.2, 0.25) is 0 Å². The van der Waals surface area contributed by atoms with Crippen LogP contribution in [-0.4, -0.2) is 18.2 Å². The lowest BCUT2D eigenvalue weighted by molar-refractivity contribution is -0.0824. The van der Waals surface area contributed by atoms with Crippen LogP contribution < -0.4 is 5.73 Å². The van der Waals surface area contributed by atoms with Gasteiger partial charge in [-0.1, -0.05) is 19.3 Å². The van der Waals surface area contributed by atoms with Crippen molar-refractivity contribution in [2.45, 2.75) is 57.1 Å². The standard InChI is InChI=1S/C14H23NO2/c1-2-17-14(8-4-3-5-9-14)13(15)11-12-7-6-10-16-12/h6-7,10,13H,2-5,8-9,11,15H2,1H3. The molecule has 0 amide bonds. The Morgan fingerprint density at radius 3 is 2.76 bits per heavy atom. The quantitative estimate of drug-likeness (QED) is 0.856. The largest absolute Gasteiger partial charge is 0.469 e. The highest BCUT2D eigenvalue weighted by atomic mass is 16.5. The van der Waals surface area contributed by atoms with Gasteiger partial charge < -0.3 is 14.9 Å². The molecule has 1 atom stereocenters. The maximum atomic E-state index is 6.38. The number of hydrogen-bond acceptors (Lipinski definition) is 3. The fraction of sp³-hybridized carbons (Fsp3) is 0.714. The lowest BCUT2D eigenvalue weighted by Crippen LogP contribution is -2.52. The van der Waals surface area contributed by atoms with Crippen LogP contribution in [0.5, 0.6) is 0 Å². The van der Waals surface area contributed by atoms with Crippen molar-refractivity contribution < 1.29 is 9.15 Å². The summed E-state index contributed by atoms with van der Waals surface area (Å²) in [5.74, 6) is 0.960. The van der Waals surface area contributed by atoms with Crippen LogP contribution in [-0.2, 0) is 11.2 Å². The lowest BCUT2D eigenvalue weighted by Gasteiger charge is -2.41. The fourth-order valence-corrected chi connectivity index (χ4v) is 2.89. The molecule has 1 heterocycles. The van der Waals surface area contributed by atoms with Crippen LogP contribution in [0.25, 0.3) is 0 Å². The summed E-state index contributed by atoms with van der Waals surface area (Å²) in [4.78, 5) is 0. The summed E-state index contributed by atoms with van der Waals surface area (Å²) in [6, 6.07) is 3.94. The number of hydrogen-bond donors (Lipinski definition) is 1. The molecule has 0 bridgehead atoms. The molecule has 3 nitrogen and oxygen atoms in total. The van der Waals surface area contributed by atoms with Gasteiger partial charge in [0.2, 0.25) is 0 Å². The summed E-state index contributed by atoms with van der Waals surface area (Å²) in [6.07, 6.45) is 8.41. The summed E-state index contributed by atoms with van der Waals surface area (Å²) in [7, 11) is 0. The van der Waals surface area contributed by atoms with Gasteiger partial charge in [-0.05, 0) is 31.9 Å². The van der Waals surface area contributed by atoms with E-state index in [9.17, 15) is 0 Å². The van der Waals surface area contributed by atoms with Crippen LogP contribution in [0.3, 0.4) is 0 Å². The van der Waals surface area contributed by atoms with E-state index in [1.54, 1.807) is 6.26 Å². The number of furan rings is 1. The van der Waals surface area contributed by atoms with E-state index >= 15 is 0 Å². The van der Waals surface area contributed by atoms with Crippen molar-refractivity contribution in [3.05, 3.63) is 24.2 Å². The Bertz CT molecular complexity index is 309. The van der Waals surface area contributed by atoms with Crippen molar-refractivity contribution in [1.29, 1.82) is 0 Å². The molecule has 1 fully saturated rings. The van der Waals surface area contributed by atoms with Crippen LogP contribution in [0.15, 0.2) is 22.8 Å². The second-order valence-corrected chi connectivity index (χ2v) is 4.95. The second-order valence-electron chi connectivity index (χ2n) is 4.95. The first kappa shape index (κ1) is 12.7. The molecule has 3 heteroatoms. The molecule has 1 aliphatic rings. The number of rotatable bonds is 5. The van der Waals surface area contributed by atoms with Gasteiger partial charge >= 0.3 is 0 Å². The van der Waals surface area contributed by atoms with E-state index < -0.39 is 0 Å². The highest BCUT2D eigenvalue weighted by Crippen LogP contribution is 2.35. The van der Waals surface area contributed by atoms with E-state index in [2.05, 4.69) is 6.92 Å². The summed E-state index contributed by atoms with van der Waals surface area (Å²) in [5, 5.41) is 0. The minimum absolute atomic E-state index is 0.0360. The van der Waals surface area contributed by atoms with Gasteiger partial charge in [0.25, 0.3) is 0 Å². The van der Waals surface area contributed by atoms with E-state index in [0.29, 0.717) is 0 Å². The third-order valence-electron chi connectivity index (χ3n) is 3.81. The smallest absolute Gasteiger partial charge is 0.105 e. The summed E-state index contributed by atoms with van der Waals surface area (Å²) >= 11 is 0. The van der Waals surface area contributed by atoms with Gasteiger partial charge in [0, 0.05) is 19.1 Å². The monoisotopic (exact) mass is 237 g/mol. The summed E-state index contributed by atoms with van der Waals surface area (Å²) in [5.41, 5.74) is 6.25. The Morgan fingerprint density at radius 1 is 1.41 bits per heavy atom. The number of nitrogens with two attached hydrogens (primary N) is 1. The third-order valence-corrected chi connectivity index (χ3v) is 3.81. The van der Waals surface area contributed by atoms with Gasteiger partial charge in [-0.2, -0.15) is 0 Å². The third kappa shape index (κ3) is 2.90. The van der Waals surface area contributed by atoms with Crippen molar-refractivity contribution in [3.8, 4) is 0 Å². The fourth-order valence-electron chi connectivity index (χ4n) is 2.89. The zero-order valence-corrected chi connectivity index (χ0v) is 10.7. The SMILES string of the molecule is CCOC1(C(N)Cc2ccco2)CCCCC1. The topological polar surface area (TPSA) is 48.4 Å². The summed E-state index contributed by atoms with van der Waals surface area (Å²) in [6.45, 7) is 2.79. The highest BCUT2D eigenvalue weighted by molar-refractivity contribution is 5.05. The average Bonchev–Trinajstić information content (AvgIpc) is 2.83. The molecule has 0 radical (unpaired) electrons. The van der Waals surface area contributed by atoms with Crippen molar-refractivity contribution in [1.82, 2.24) is 0 Å². The van der Waals surface area contributed by atoms with Gasteiger partial charge in [0.15, 0.2) is 0 Å². The first-order chi connectivity index (χ1) is 8.27. The summed E-state index contributed by atoms with van der Waals surface area (Å²) < 4.78 is 11.4. The minimum atomic E-state index is -0.125. The molecule has 2 rings (SSSR count). The molecule has 1 unspecified atom stereocenters. The predicted molar refractivity (Wildman–Crippen MR) is 67.8 cm³/mol. The van der Waals surface area contributed by atoms with Gasteiger partial charge in [-0.25, -0.2) is 0 Å². The zero-order chi connectivity index (χ0) is 12.1. The molecule has 1 aliphatic carbocycles. The lowest BCUT2D eigenvalue weighted by atomic mass is 9.78. The van der Waals surface area contributed by atoms with E-state index in [1.807, 2.05) is 12.1 Å². The van der Waals surface area contributed by atoms with E-state index in [4.69, 9.17) is 14.9 Å². The first-order valence-corrected chi connectivity index (χ1v) is 6.69. The van der Waals surface area contributed by atoms with E-state index in [0.717, 1.165) is 31.6 Å². The molecule has 96 valence electrons. The van der Waals surface area contributed by atoms with Crippen LogP contribution in [0, 0.1) is 0 Å². The van der Waals surface area contributed by atoms with Gasteiger partial charge in [-0.3, -0.25) is 0 Å². The molecular formula is C14H23NO2. The Labute approximate surface area is 103 Å². The van der Waals surface area contributed by atoms with Crippen molar-refractivity contribution >= 4 is 0 Å². The molecule has 0 spiro atoms. The van der Waals surface area contributed by atoms with Crippen molar-refractivity contribution in [3.63, 3.8) is 0 Å². The highest BCUT2D eigenvalue weighted by Gasteiger charge is 2.38. The molecular weight excluding hydrogens is 214 g/mol. The maximum absolute atomic E-state index is 6.38. The van der Waals surface area contributed by atoms with Crippen LogP contribution in [0.4, 0.5) is 0 Å². The molecule has 17 heavy (non-hydrogen) atoms. The maximum Gasteiger partial charge on any atom is 0.105 e. The van der Waals surface area contributed by atoms with E-state index in [1.165, 1.54) is 19.3 Å². The predicted octanol–water partition coefficient (Wildman–Crippen LogP) is 2.89. The van der Waals surface area contributed by atoms with Gasteiger partial charge in [-0.15, -0.1) is 0 Å². The molecule has 1 aromatic rings. The van der Waals surface area contributed by atoms with E-state index in [-0.39, 0.29) is 11.6 Å². The van der Waals surface area contributed by atoms with Crippen molar-refractivity contribution in [2.75, 3.05) is 6.61 Å². The van der Waals surface area contributed by atoms with Crippen LogP contribution in [0.1, 0.15) is 44.8 Å². The first-order valence-electron chi connectivity index (χ1n) is 6.69. The Balaban J connectivity index is 2.03. The molecule has 1 saturated carbocycles. The molecule has 0 aliphatic heterocycles. The minimum Gasteiger partial charge on any atom is -0.469 e. The normalized spacial score (nSPS) is 21.3. The molecule has 2 N–H and O–H groups in total. The Morgan fingerprint density at radius 2 is 2.18 bits per heavy atom. The molecule has 1 aromatic heterocycles. The second kappa shape index (κ2) is 5.69. The zero-order valence-electron chi connectivity index (χ0n) is 10.7. The molecule has 0 saturated heterocycles. The number of ether oxygens (including phenoxy) is 1. The van der Waals surface area contributed by atoms with Gasteiger partial charge in [0.1, 0.15) is 5.76 Å². The van der Waals surface area contributed by atoms with Crippen molar-refractivity contribution in [2.24, 2.45) is 5.73 Å². The Kier molecular flexibility index (Phi) is 4.24. The Hall–Kier alpha value is -0.800.